The largest absolute Gasteiger partial charge is 0.455 e. The van der Waals surface area contributed by atoms with Crippen LogP contribution in [-0.4, -0.2) is 15.0 Å². The van der Waals surface area contributed by atoms with Gasteiger partial charge in [0.2, 0.25) is 0 Å². The fourth-order valence-corrected chi connectivity index (χ4v) is 10.2. The highest BCUT2D eigenvalue weighted by atomic mass is 32.2. The molecule has 1 unspecified atom stereocenters. The first-order valence-corrected chi connectivity index (χ1v) is 20.8. The van der Waals surface area contributed by atoms with E-state index >= 15 is 0 Å². The summed E-state index contributed by atoms with van der Waals surface area (Å²) >= 11 is 1.89. The van der Waals surface area contributed by atoms with Crippen molar-refractivity contribution in [2.75, 3.05) is 4.90 Å². The Morgan fingerprint density at radius 3 is 1.97 bits per heavy atom. The number of rotatable bonds is 5. The molecule has 0 amide bonds. The second kappa shape index (κ2) is 13.7. The molecule has 5 nitrogen and oxygen atoms in total. The van der Waals surface area contributed by atoms with Crippen LogP contribution in [0.25, 0.3) is 67.2 Å². The molecule has 1 aliphatic heterocycles. The second-order valence-electron chi connectivity index (χ2n) is 15.1. The molecule has 2 aromatic heterocycles. The van der Waals surface area contributed by atoms with Crippen LogP contribution < -0.4 is 4.90 Å². The van der Waals surface area contributed by atoms with Gasteiger partial charge in [0, 0.05) is 48.9 Å². The van der Waals surface area contributed by atoms with Gasteiger partial charge in [-0.15, -0.1) is 0 Å². The molecule has 1 aliphatic carbocycles. The molecule has 10 aromatic rings. The third kappa shape index (κ3) is 5.59. The number of aromatic nitrogens is 3. The van der Waals surface area contributed by atoms with Crippen LogP contribution in [0.2, 0.25) is 0 Å². The Morgan fingerprint density at radius 1 is 0.525 bits per heavy atom. The molecule has 0 N–H and O–H groups in total. The standard InChI is InChI=1S/C53H34N4OS/c1-4-15-33(16-5-1)51-54-52(34-17-6-2-7-18-34)56-53(55-51)41-24-14-23-40-43-31-35(28-30-46(43)58-49(40)41)42-32-36-27-29-45-50(48(36)39-22-11-10-21-38(39)42)59-47-26-13-12-25-44(47)57(45)37-19-8-3-9-20-37/h1-31,42H,32H2. The summed E-state index contributed by atoms with van der Waals surface area (Å²) in [6.45, 7) is 0. The predicted molar refractivity (Wildman–Crippen MR) is 240 cm³/mol. The van der Waals surface area contributed by atoms with Crippen molar-refractivity contribution in [1.29, 1.82) is 0 Å². The number of benzene rings is 8. The Kier molecular flexibility index (Phi) is 7.84. The SMILES string of the molecule is c1ccc(-c2nc(-c3ccccc3)nc(-c3cccc4c3oc3ccc(C5Cc6ccc7c(c6-c6ccccc65)Sc5ccccc5N7c5ccccc5)cc34)n2)cc1. The van der Waals surface area contributed by atoms with Crippen LogP contribution >= 0.6 is 11.8 Å². The minimum absolute atomic E-state index is 0.172. The third-order valence-corrected chi connectivity index (χ3v) is 12.9. The normalized spacial score (nSPS) is 14.1. The van der Waals surface area contributed by atoms with Crippen LogP contribution in [0.3, 0.4) is 0 Å². The zero-order valence-electron chi connectivity index (χ0n) is 31.8. The van der Waals surface area contributed by atoms with Crippen LogP contribution in [0.5, 0.6) is 0 Å². The first kappa shape index (κ1) is 33.8. The van der Waals surface area contributed by atoms with E-state index in [0.717, 1.165) is 50.7 Å². The Morgan fingerprint density at radius 2 is 1.19 bits per heavy atom. The number of hydrogen-bond acceptors (Lipinski definition) is 6. The third-order valence-electron chi connectivity index (χ3n) is 11.7. The van der Waals surface area contributed by atoms with Gasteiger partial charge in [0.15, 0.2) is 17.5 Å². The molecule has 6 heteroatoms. The molecule has 0 saturated carbocycles. The molecule has 12 rings (SSSR count). The molecule has 0 bridgehead atoms. The number of para-hydroxylation sites is 3. The van der Waals surface area contributed by atoms with Crippen molar-refractivity contribution in [3.63, 3.8) is 0 Å². The van der Waals surface area contributed by atoms with Crippen molar-refractivity contribution >= 4 is 50.8 Å². The molecular formula is C53H34N4OS. The molecular weight excluding hydrogens is 741 g/mol. The number of anilines is 3. The van der Waals surface area contributed by atoms with Crippen molar-refractivity contribution in [1.82, 2.24) is 15.0 Å². The predicted octanol–water partition coefficient (Wildman–Crippen LogP) is 14.1. The lowest BCUT2D eigenvalue weighted by atomic mass is 9.75. The molecule has 2 aliphatic rings. The van der Waals surface area contributed by atoms with Crippen LogP contribution in [0.4, 0.5) is 17.1 Å². The minimum Gasteiger partial charge on any atom is -0.455 e. The maximum atomic E-state index is 6.73. The van der Waals surface area contributed by atoms with Gasteiger partial charge < -0.3 is 9.32 Å². The van der Waals surface area contributed by atoms with Crippen molar-refractivity contribution in [3.8, 4) is 45.3 Å². The Balaban J connectivity index is 0.972. The molecule has 59 heavy (non-hydrogen) atoms. The summed E-state index contributed by atoms with van der Waals surface area (Å²) < 4.78 is 6.73. The Bertz CT molecular complexity index is 3180. The van der Waals surface area contributed by atoms with Crippen LogP contribution in [-0.2, 0) is 6.42 Å². The Hall–Kier alpha value is -7.28. The summed E-state index contributed by atoms with van der Waals surface area (Å²) in [5.41, 5.74) is 14.5. The van der Waals surface area contributed by atoms with Gasteiger partial charge in [0.1, 0.15) is 11.2 Å². The fraction of sp³-hybridized carbons (Fsp3) is 0.0377. The molecule has 0 saturated heterocycles. The lowest BCUT2D eigenvalue weighted by Gasteiger charge is -2.37. The highest BCUT2D eigenvalue weighted by Crippen LogP contribution is 2.57. The molecule has 1 atom stereocenters. The van der Waals surface area contributed by atoms with Gasteiger partial charge in [-0.3, -0.25) is 0 Å². The van der Waals surface area contributed by atoms with Crippen molar-refractivity contribution in [3.05, 3.63) is 205 Å². The van der Waals surface area contributed by atoms with E-state index in [0.29, 0.717) is 17.5 Å². The van der Waals surface area contributed by atoms with Gasteiger partial charge in [-0.05, 0) is 77.2 Å². The van der Waals surface area contributed by atoms with E-state index in [1.807, 2.05) is 72.4 Å². The van der Waals surface area contributed by atoms with E-state index in [1.54, 1.807) is 0 Å². The molecule has 0 fully saturated rings. The topological polar surface area (TPSA) is 55.1 Å². The lowest BCUT2D eigenvalue weighted by Crippen LogP contribution is -2.18. The maximum absolute atomic E-state index is 6.73. The molecule has 0 spiro atoms. The van der Waals surface area contributed by atoms with E-state index in [9.17, 15) is 0 Å². The first-order valence-electron chi connectivity index (χ1n) is 19.9. The average molecular weight is 775 g/mol. The van der Waals surface area contributed by atoms with Gasteiger partial charge in [-0.2, -0.15) is 0 Å². The fourth-order valence-electron chi connectivity index (χ4n) is 8.97. The van der Waals surface area contributed by atoms with Crippen LogP contribution in [0.1, 0.15) is 22.6 Å². The van der Waals surface area contributed by atoms with Gasteiger partial charge >= 0.3 is 0 Å². The summed E-state index contributed by atoms with van der Waals surface area (Å²) in [4.78, 5) is 20.0. The molecule has 8 aromatic carbocycles. The van der Waals surface area contributed by atoms with Gasteiger partial charge in [0.05, 0.1) is 16.9 Å². The first-order chi connectivity index (χ1) is 29.2. The highest BCUT2D eigenvalue weighted by Gasteiger charge is 2.33. The van der Waals surface area contributed by atoms with E-state index in [4.69, 9.17) is 19.4 Å². The summed E-state index contributed by atoms with van der Waals surface area (Å²) in [5.74, 6) is 2.00. The zero-order chi connectivity index (χ0) is 38.9. The Labute approximate surface area is 345 Å². The highest BCUT2D eigenvalue weighted by molar-refractivity contribution is 8.00. The summed E-state index contributed by atoms with van der Waals surface area (Å²) in [7, 11) is 0. The zero-order valence-corrected chi connectivity index (χ0v) is 32.6. The molecule has 278 valence electrons. The van der Waals surface area contributed by atoms with Crippen molar-refractivity contribution in [2.45, 2.75) is 22.1 Å². The van der Waals surface area contributed by atoms with Gasteiger partial charge in [-0.1, -0.05) is 151 Å². The van der Waals surface area contributed by atoms with E-state index in [2.05, 4.69) is 132 Å². The van der Waals surface area contributed by atoms with E-state index in [-0.39, 0.29) is 5.92 Å². The molecule has 3 heterocycles. The summed E-state index contributed by atoms with van der Waals surface area (Å²) in [6, 6.07) is 66.4. The number of furan rings is 1. The second-order valence-corrected chi connectivity index (χ2v) is 16.2. The van der Waals surface area contributed by atoms with E-state index < -0.39 is 0 Å². The van der Waals surface area contributed by atoms with Crippen LogP contribution in [0, 0.1) is 0 Å². The van der Waals surface area contributed by atoms with Gasteiger partial charge in [0.25, 0.3) is 0 Å². The monoisotopic (exact) mass is 774 g/mol. The van der Waals surface area contributed by atoms with Crippen LogP contribution in [0.15, 0.2) is 202 Å². The number of hydrogen-bond donors (Lipinski definition) is 0. The van der Waals surface area contributed by atoms with Gasteiger partial charge in [-0.25, -0.2) is 15.0 Å². The average Bonchev–Trinajstić information content (AvgIpc) is 3.69. The smallest absolute Gasteiger partial charge is 0.167 e. The van der Waals surface area contributed by atoms with Crippen molar-refractivity contribution in [2.24, 2.45) is 0 Å². The quantitative estimate of drug-likeness (QED) is 0.174. The lowest BCUT2D eigenvalue weighted by molar-refractivity contribution is 0.669. The number of fused-ring (bicyclic) bond motifs is 9. The maximum Gasteiger partial charge on any atom is 0.167 e. The van der Waals surface area contributed by atoms with E-state index in [1.165, 1.54) is 49.0 Å². The molecule has 0 radical (unpaired) electrons. The van der Waals surface area contributed by atoms with Crippen molar-refractivity contribution < 1.29 is 4.42 Å². The summed E-state index contributed by atoms with van der Waals surface area (Å²) in [6.07, 6.45) is 0.898. The minimum atomic E-state index is 0.172. The number of nitrogens with zero attached hydrogens (tertiary/aromatic N) is 4. The summed E-state index contributed by atoms with van der Waals surface area (Å²) in [5, 5.41) is 2.12.